The SMILES string of the molecule is CCCNC(=O)[C@@H](Cc1ccccc1)N(Cc1ccccc1F)C(=O)Cc1cc(C)ccc1C. The zero-order valence-corrected chi connectivity index (χ0v) is 20.2. The molecule has 3 aromatic rings. The molecule has 1 atom stereocenters. The lowest BCUT2D eigenvalue weighted by molar-refractivity contribution is -0.140. The van der Waals surface area contributed by atoms with Crippen LogP contribution in [0.1, 0.15) is 41.2 Å². The van der Waals surface area contributed by atoms with Gasteiger partial charge in [-0.1, -0.05) is 79.2 Å². The van der Waals surface area contributed by atoms with Crippen LogP contribution >= 0.6 is 0 Å². The lowest BCUT2D eigenvalue weighted by atomic mass is 9.99. The summed E-state index contributed by atoms with van der Waals surface area (Å²) in [6.07, 6.45) is 1.28. The van der Waals surface area contributed by atoms with Gasteiger partial charge in [0.1, 0.15) is 11.9 Å². The number of hydrogen-bond donors (Lipinski definition) is 1. The molecular weight excluding hydrogens is 427 g/mol. The smallest absolute Gasteiger partial charge is 0.243 e. The predicted octanol–water partition coefficient (Wildman–Crippen LogP) is 5.15. The summed E-state index contributed by atoms with van der Waals surface area (Å²) in [7, 11) is 0. The van der Waals surface area contributed by atoms with E-state index in [1.807, 2.05) is 69.3 Å². The van der Waals surface area contributed by atoms with Crippen LogP contribution in [0.4, 0.5) is 4.39 Å². The number of carbonyl (C=O) groups is 2. The molecule has 0 heterocycles. The minimum Gasteiger partial charge on any atom is -0.354 e. The molecule has 0 aromatic heterocycles. The second-order valence-electron chi connectivity index (χ2n) is 8.72. The monoisotopic (exact) mass is 460 g/mol. The highest BCUT2D eigenvalue weighted by Crippen LogP contribution is 2.19. The average Bonchev–Trinajstić information content (AvgIpc) is 2.83. The molecule has 0 aliphatic carbocycles. The first-order valence-corrected chi connectivity index (χ1v) is 11.8. The van der Waals surface area contributed by atoms with Gasteiger partial charge in [0.2, 0.25) is 11.8 Å². The molecule has 0 bridgehead atoms. The summed E-state index contributed by atoms with van der Waals surface area (Å²) in [4.78, 5) is 28.6. The van der Waals surface area contributed by atoms with Crippen LogP contribution in [0.3, 0.4) is 0 Å². The van der Waals surface area contributed by atoms with E-state index in [9.17, 15) is 14.0 Å². The number of carbonyl (C=O) groups excluding carboxylic acids is 2. The van der Waals surface area contributed by atoms with Gasteiger partial charge in [0.05, 0.1) is 6.42 Å². The van der Waals surface area contributed by atoms with E-state index in [0.717, 1.165) is 28.7 Å². The highest BCUT2D eigenvalue weighted by atomic mass is 19.1. The fourth-order valence-corrected chi connectivity index (χ4v) is 3.99. The molecule has 0 unspecified atom stereocenters. The number of nitrogens with zero attached hydrogens (tertiary/aromatic N) is 1. The number of benzene rings is 3. The first kappa shape index (κ1) is 25.2. The largest absolute Gasteiger partial charge is 0.354 e. The van der Waals surface area contributed by atoms with Gasteiger partial charge in [-0.2, -0.15) is 0 Å². The van der Waals surface area contributed by atoms with Gasteiger partial charge in [-0.05, 0) is 43.0 Å². The van der Waals surface area contributed by atoms with Crippen molar-refractivity contribution in [3.8, 4) is 0 Å². The van der Waals surface area contributed by atoms with Crippen molar-refractivity contribution in [2.24, 2.45) is 0 Å². The van der Waals surface area contributed by atoms with Crippen LogP contribution in [-0.4, -0.2) is 29.3 Å². The lowest BCUT2D eigenvalue weighted by Gasteiger charge is -2.32. The van der Waals surface area contributed by atoms with E-state index in [-0.39, 0.29) is 30.6 Å². The number of halogens is 1. The van der Waals surface area contributed by atoms with E-state index in [4.69, 9.17) is 0 Å². The zero-order valence-electron chi connectivity index (χ0n) is 20.2. The minimum atomic E-state index is -0.758. The van der Waals surface area contributed by atoms with Crippen molar-refractivity contribution in [1.29, 1.82) is 0 Å². The van der Waals surface area contributed by atoms with Crippen molar-refractivity contribution in [1.82, 2.24) is 10.2 Å². The molecule has 178 valence electrons. The second-order valence-corrected chi connectivity index (χ2v) is 8.72. The van der Waals surface area contributed by atoms with Crippen molar-refractivity contribution < 1.29 is 14.0 Å². The highest BCUT2D eigenvalue weighted by molar-refractivity contribution is 5.89. The van der Waals surface area contributed by atoms with E-state index < -0.39 is 6.04 Å². The van der Waals surface area contributed by atoms with Crippen LogP contribution in [0.25, 0.3) is 0 Å². The Morgan fingerprint density at radius 2 is 1.65 bits per heavy atom. The van der Waals surface area contributed by atoms with Crippen molar-refractivity contribution in [2.45, 2.75) is 52.6 Å². The van der Waals surface area contributed by atoms with E-state index in [0.29, 0.717) is 18.5 Å². The van der Waals surface area contributed by atoms with Crippen LogP contribution in [0, 0.1) is 19.7 Å². The molecule has 0 spiro atoms. The van der Waals surface area contributed by atoms with Crippen LogP contribution in [0.15, 0.2) is 72.8 Å². The van der Waals surface area contributed by atoms with Gasteiger partial charge < -0.3 is 10.2 Å². The van der Waals surface area contributed by atoms with Gasteiger partial charge in [-0.15, -0.1) is 0 Å². The third kappa shape index (κ3) is 6.77. The van der Waals surface area contributed by atoms with Crippen molar-refractivity contribution in [2.75, 3.05) is 6.54 Å². The Labute approximate surface area is 201 Å². The maximum atomic E-state index is 14.6. The zero-order chi connectivity index (χ0) is 24.5. The van der Waals surface area contributed by atoms with Gasteiger partial charge in [-0.25, -0.2) is 4.39 Å². The third-order valence-electron chi connectivity index (χ3n) is 5.97. The molecule has 0 aliphatic heterocycles. The normalized spacial score (nSPS) is 11.6. The van der Waals surface area contributed by atoms with Crippen molar-refractivity contribution in [3.63, 3.8) is 0 Å². The predicted molar refractivity (Wildman–Crippen MR) is 134 cm³/mol. The number of rotatable bonds is 10. The summed E-state index contributed by atoms with van der Waals surface area (Å²) >= 11 is 0. The Kier molecular flexibility index (Phi) is 8.97. The number of amides is 2. The van der Waals surface area contributed by atoms with E-state index in [1.165, 1.54) is 11.0 Å². The van der Waals surface area contributed by atoms with Gasteiger partial charge in [0.25, 0.3) is 0 Å². The standard InChI is InChI=1S/C29H33FN2O2/c1-4-16-31-29(34)27(18-23-10-6-5-7-11-23)32(20-24-12-8-9-13-26(24)30)28(33)19-25-17-21(2)14-15-22(25)3/h5-15,17,27H,4,16,18-20H2,1-3H3,(H,31,34)/t27-/m1/s1. The maximum absolute atomic E-state index is 14.6. The molecule has 0 aliphatic rings. The average molecular weight is 461 g/mol. The Balaban J connectivity index is 1.99. The first-order valence-electron chi connectivity index (χ1n) is 11.8. The van der Waals surface area contributed by atoms with Crippen LogP contribution in [-0.2, 0) is 29.0 Å². The molecule has 3 aromatic carbocycles. The van der Waals surface area contributed by atoms with E-state index >= 15 is 0 Å². The van der Waals surface area contributed by atoms with Crippen LogP contribution < -0.4 is 5.32 Å². The highest BCUT2D eigenvalue weighted by Gasteiger charge is 2.31. The number of nitrogens with one attached hydrogen (secondary N) is 1. The summed E-state index contributed by atoms with van der Waals surface area (Å²) < 4.78 is 14.6. The molecule has 2 amide bonds. The Hall–Kier alpha value is -3.47. The molecule has 0 radical (unpaired) electrons. The van der Waals surface area contributed by atoms with Crippen LogP contribution in [0.2, 0.25) is 0 Å². The van der Waals surface area contributed by atoms with Crippen LogP contribution in [0.5, 0.6) is 0 Å². The lowest BCUT2D eigenvalue weighted by Crippen LogP contribution is -2.51. The van der Waals surface area contributed by atoms with Gasteiger partial charge in [0, 0.05) is 25.1 Å². The number of hydrogen-bond acceptors (Lipinski definition) is 2. The summed E-state index contributed by atoms with van der Waals surface area (Å²) in [5.74, 6) is -0.819. The first-order chi connectivity index (χ1) is 16.4. The van der Waals surface area contributed by atoms with E-state index in [1.54, 1.807) is 18.2 Å². The Bertz CT molecular complexity index is 1110. The second kappa shape index (κ2) is 12.1. The topological polar surface area (TPSA) is 49.4 Å². The minimum absolute atomic E-state index is 0.0212. The summed E-state index contributed by atoms with van der Waals surface area (Å²) in [5.41, 5.74) is 4.32. The number of aryl methyl sites for hydroxylation is 2. The summed E-state index contributed by atoms with van der Waals surface area (Å²) in [5, 5.41) is 2.95. The quantitative estimate of drug-likeness (QED) is 0.455. The molecule has 3 rings (SSSR count). The fraction of sp³-hybridized carbons (Fsp3) is 0.310. The molecule has 4 nitrogen and oxygen atoms in total. The van der Waals surface area contributed by atoms with Gasteiger partial charge in [-0.3, -0.25) is 9.59 Å². The molecule has 34 heavy (non-hydrogen) atoms. The molecule has 0 saturated heterocycles. The fourth-order valence-electron chi connectivity index (χ4n) is 3.99. The van der Waals surface area contributed by atoms with Crippen molar-refractivity contribution >= 4 is 11.8 Å². The molecule has 0 fully saturated rings. The molecule has 1 N–H and O–H groups in total. The van der Waals surface area contributed by atoms with Crippen molar-refractivity contribution in [3.05, 3.63) is 106 Å². The van der Waals surface area contributed by atoms with Gasteiger partial charge in [0.15, 0.2) is 0 Å². The Morgan fingerprint density at radius 3 is 2.35 bits per heavy atom. The molecular formula is C29H33FN2O2. The summed E-state index contributed by atoms with van der Waals surface area (Å²) in [6.45, 7) is 6.48. The molecule has 5 heteroatoms. The van der Waals surface area contributed by atoms with Gasteiger partial charge >= 0.3 is 0 Å². The maximum Gasteiger partial charge on any atom is 0.243 e. The summed E-state index contributed by atoms with van der Waals surface area (Å²) in [6, 6.07) is 21.3. The third-order valence-corrected chi connectivity index (χ3v) is 5.97. The van der Waals surface area contributed by atoms with E-state index in [2.05, 4.69) is 5.32 Å². The Morgan fingerprint density at radius 1 is 0.941 bits per heavy atom. The molecule has 0 saturated carbocycles.